The number of anilines is 1. The molecule has 9 heteroatoms. The van der Waals surface area contributed by atoms with Crippen molar-refractivity contribution in [1.82, 2.24) is 19.6 Å². The zero-order chi connectivity index (χ0) is 19.0. The molecule has 1 aromatic carbocycles. The van der Waals surface area contributed by atoms with Crippen LogP contribution in [0.15, 0.2) is 31.9 Å². The first-order valence-corrected chi connectivity index (χ1v) is 9.03. The highest BCUT2D eigenvalue weighted by Crippen LogP contribution is 2.35. The minimum Gasteiger partial charge on any atom is -0.408 e. The molecule has 1 aliphatic rings. The van der Waals surface area contributed by atoms with Crippen LogP contribution in [0.1, 0.15) is 43.8 Å². The zero-order valence-corrected chi connectivity index (χ0v) is 15.3. The monoisotopic (exact) mass is 371 g/mol. The van der Waals surface area contributed by atoms with E-state index in [4.69, 9.17) is 8.94 Å². The number of nitrogens with zero attached hydrogens (tertiary/aromatic N) is 4. The molecule has 0 atom stereocenters. The van der Waals surface area contributed by atoms with Crippen molar-refractivity contribution >= 4 is 22.8 Å². The Morgan fingerprint density at radius 3 is 2.93 bits per heavy atom. The number of aromatic nitrogens is 3. The van der Waals surface area contributed by atoms with Crippen molar-refractivity contribution in [2.45, 2.75) is 45.2 Å². The molecule has 1 aliphatic carbocycles. The van der Waals surface area contributed by atoms with Gasteiger partial charge in [-0.2, -0.15) is 4.98 Å². The highest BCUT2D eigenvalue weighted by atomic mass is 16.5. The zero-order valence-electron chi connectivity index (χ0n) is 15.3. The fraction of sp³-hybridized carbons (Fsp3) is 0.444. The molecular weight excluding hydrogens is 350 g/mol. The summed E-state index contributed by atoms with van der Waals surface area (Å²) in [6.07, 6.45) is 3.35. The number of benzene rings is 1. The molecule has 4 rings (SSSR count). The van der Waals surface area contributed by atoms with Crippen LogP contribution in [0.3, 0.4) is 0 Å². The molecule has 0 aliphatic heterocycles. The minimum absolute atomic E-state index is 0.242. The summed E-state index contributed by atoms with van der Waals surface area (Å²) < 4.78 is 12.0. The third-order valence-corrected chi connectivity index (χ3v) is 4.90. The average Bonchev–Trinajstić information content (AvgIpc) is 3.16. The summed E-state index contributed by atoms with van der Waals surface area (Å²) in [5.41, 5.74) is 1.68. The maximum absolute atomic E-state index is 12.4. The van der Waals surface area contributed by atoms with Crippen molar-refractivity contribution in [3.05, 3.63) is 40.5 Å². The molecule has 1 fully saturated rings. The molecule has 0 radical (unpaired) electrons. The van der Waals surface area contributed by atoms with Crippen LogP contribution in [0.2, 0.25) is 0 Å². The van der Waals surface area contributed by atoms with Gasteiger partial charge in [0.15, 0.2) is 11.4 Å². The van der Waals surface area contributed by atoms with Crippen LogP contribution in [0.5, 0.6) is 0 Å². The van der Waals surface area contributed by atoms with Gasteiger partial charge in [0.25, 0.3) is 0 Å². The third kappa shape index (κ3) is 3.32. The number of urea groups is 1. The smallest absolute Gasteiger partial charge is 0.408 e. The van der Waals surface area contributed by atoms with Gasteiger partial charge in [-0.3, -0.25) is 4.57 Å². The molecule has 0 saturated heterocycles. The third-order valence-electron chi connectivity index (χ3n) is 4.90. The van der Waals surface area contributed by atoms with Crippen LogP contribution < -0.4 is 11.1 Å². The van der Waals surface area contributed by atoms with Crippen molar-refractivity contribution < 1.29 is 13.7 Å². The van der Waals surface area contributed by atoms with E-state index in [0.717, 1.165) is 12.8 Å². The first kappa shape index (κ1) is 17.3. The van der Waals surface area contributed by atoms with Gasteiger partial charge in [0.05, 0.1) is 12.1 Å². The summed E-state index contributed by atoms with van der Waals surface area (Å²) in [6, 6.07) is 4.81. The Morgan fingerprint density at radius 1 is 1.41 bits per heavy atom. The first-order chi connectivity index (χ1) is 13.0. The number of oxazole rings is 1. The molecular formula is C18H21N5O4. The first-order valence-electron chi connectivity index (χ1n) is 9.03. The Labute approximate surface area is 154 Å². The van der Waals surface area contributed by atoms with Crippen LogP contribution in [0.4, 0.5) is 10.5 Å². The van der Waals surface area contributed by atoms with Gasteiger partial charge in [0.1, 0.15) is 0 Å². The molecule has 9 nitrogen and oxygen atoms in total. The van der Waals surface area contributed by atoms with E-state index in [2.05, 4.69) is 15.5 Å². The number of nitrogens with one attached hydrogen (secondary N) is 1. The van der Waals surface area contributed by atoms with Crippen molar-refractivity contribution in [3.8, 4) is 0 Å². The van der Waals surface area contributed by atoms with E-state index in [1.807, 2.05) is 6.92 Å². The largest absolute Gasteiger partial charge is 0.419 e. The number of carbonyl (C=O) groups excluding carboxylic acids is 1. The fourth-order valence-corrected chi connectivity index (χ4v) is 3.10. The molecule has 2 heterocycles. The second kappa shape index (κ2) is 6.90. The molecule has 1 N–H and O–H groups in total. The molecule has 2 aromatic heterocycles. The molecule has 3 aromatic rings. The number of rotatable bonds is 5. The molecule has 0 unspecified atom stereocenters. The highest BCUT2D eigenvalue weighted by Gasteiger charge is 2.25. The van der Waals surface area contributed by atoms with Crippen LogP contribution in [0, 0.1) is 0 Å². The number of fused-ring (bicyclic) bond motifs is 1. The van der Waals surface area contributed by atoms with E-state index in [9.17, 15) is 9.59 Å². The lowest BCUT2D eigenvalue weighted by atomic mass is 9.85. The van der Waals surface area contributed by atoms with Gasteiger partial charge < -0.3 is 19.2 Å². The van der Waals surface area contributed by atoms with E-state index < -0.39 is 5.76 Å². The van der Waals surface area contributed by atoms with Gasteiger partial charge in [0.2, 0.25) is 5.89 Å². The van der Waals surface area contributed by atoms with Crippen molar-refractivity contribution in [2.75, 3.05) is 12.4 Å². The molecule has 142 valence electrons. The fourth-order valence-electron chi connectivity index (χ4n) is 3.10. The maximum atomic E-state index is 12.4. The number of hydrogen-bond acceptors (Lipinski definition) is 6. The Balaban J connectivity index is 1.42. The molecule has 0 bridgehead atoms. The number of amides is 2. The van der Waals surface area contributed by atoms with Crippen LogP contribution in [-0.2, 0) is 13.1 Å². The van der Waals surface area contributed by atoms with Crippen molar-refractivity contribution in [1.29, 1.82) is 0 Å². The van der Waals surface area contributed by atoms with E-state index in [1.54, 1.807) is 25.2 Å². The molecule has 1 saturated carbocycles. The standard InChI is InChI=1S/C18H21N5O4/c1-3-23-13-8-7-12(9-14(13)26-18(23)25)19-17(24)22(2)10-15-20-16(27-21-15)11-5-4-6-11/h7-9,11H,3-6,10H2,1-2H3,(H,19,24). The van der Waals surface area contributed by atoms with E-state index in [0.29, 0.717) is 41.0 Å². The lowest BCUT2D eigenvalue weighted by Crippen LogP contribution is -2.31. The Hall–Kier alpha value is -3.10. The van der Waals surface area contributed by atoms with E-state index in [-0.39, 0.29) is 12.6 Å². The summed E-state index contributed by atoms with van der Waals surface area (Å²) in [5.74, 6) is 1.09. The topological polar surface area (TPSA) is 106 Å². The molecule has 27 heavy (non-hydrogen) atoms. The molecule has 0 spiro atoms. The summed E-state index contributed by atoms with van der Waals surface area (Å²) in [7, 11) is 1.65. The predicted octanol–water partition coefficient (Wildman–Crippen LogP) is 2.93. The van der Waals surface area contributed by atoms with Gasteiger partial charge >= 0.3 is 11.8 Å². The number of aryl methyl sites for hydroxylation is 1. The quantitative estimate of drug-likeness (QED) is 0.739. The summed E-state index contributed by atoms with van der Waals surface area (Å²) in [4.78, 5) is 30.0. The summed E-state index contributed by atoms with van der Waals surface area (Å²) in [6.45, 7) is 2.63. The van der Waals surface area contributed by atoms with Gasteiger partial charge in [-0.05, 0) is 31.9 Å². The number of hydrogen-bond donors (Lipinski definition) is 1. The second-order valence-electron chi connectivity index (χ2n) is 6.76. The Kier molecular flexibility index (Phi) is 4.43. The van der Waals surface area contributed by atoms with Crippen LogP contribution in [0.25, 0.3) is 11.1 Å². The van der Waals surface area contributed by atoms with Gasteiger partial charge in [-0.15, -0.1) is 0 Å². The van der Waals surface area contributed by atoms with E-state index >= 15 is 0 Å². The van der Waals surface area contributed by atoms with Crippen LogP contribution in [-0.4, -0.2) is 32.7 Å². The molecule has 2 amide bonds. The summed E-state index contributed by atoms with van der Waals surface area (Å²) >= 11 is 0. The highest BCUT2D eigenvalue weighted by molar-refractivity contribution is 5.91. The second-order valence-corrected chi connectivity index (χ2v) is 6.76. The number of carbonyl (C=O) groups is 1. The Morgan fingerprint density at radius 2 is 2.22 bits per heavy atom. The SMILES string of the molecule is CCn1c(=O)oc2cc(NC(=O)N(C)Cc3noc(C4CCC4)n3)ccc21. The van der Waals surface area contributed by atoms with E-state index in [1.165, 1.54) is 15.9 Å². The van der Waals surface area contributed by atoms with Gasteiger partial charge in [-0.25, -0.2) is 9.59 Å². The Bertz CT molecular complexity index is 1030. The van der Waals surface area contributed by atoms with Crippen molar-refractivity contribution in [3.63, 3.8) is 0 Å². The lowest BCUT2D eigenvalue weighted by molar-refractivity contribution is 0.219. The average molecular weight is 371 g/mol. The summed E-state index contributed by atoms with van der Waals surface area (Å²) in [5, 5.41) is 6.73. The lowest BCUT2D eigenvalue weighted by Gasteiger charge is -2.20. The van der Waals surface area contributed by atoms with Crippen molar-refractivity contribution in [2.24, 2.45) is 0 Å². The normalized spacial score (nSPS) is 14.3. The van der Waals surface area contributed by atoms with Gasteiger partial charge in [-0.1, -0.05) is 11.6 Å². The van der Waals surface area contributed by atoms with Gasteiger partial charge in [0, 0.05) is 31.3 Å². The van der Waals surface area contributed by atoms with Crippen LogP contribution >= 0.6 is 0 Å². The minimum atomic E-state index is -0.410. The maximum Gasteiger partial charge on any atom is 0.419 e. The predicted molar refractivity (Wildman–Crippen MR) is 97.5 cm³/mol.